The van der Waals surface area contributed by atoms with Gasteiger partial charge in [0.15, 0.2) is 6.61 Å². The van der Waals surface area contributed by atoms with Crippen molar-refractivity contribution in [3.8, 4) is 0 Å². The third-order valence-electron chi connectivity index (χ3n) is 5.41. The summed E-state index contributed by atoms with van der Waals surface area (Å²) >= 11 is 0. The Balaban J connectivity index is 1.60. The molecule has 170 valence electrons. The number of carbonyl (C=O) groups is 2. The zero-order chi connectivity index (χ0) is 23.1. The van der Waals surface area contributed by atoms with Crippen molar-refractivity contribution in [2.45, 2.75) is 45.2 Å². The molecule has 32 heavy (non-hydrogen) atoms. The molecule has 1 aliphatic rings. The number of amides is 1. The van der Waals surface area contributed by atoms with Gasteiger partial charge in [-0.15, -0.1) is 0 Å². The average molecular weight is 457 g/mol. The van der Waals surface area contributed by atoms with Crippen LogP contribution in [0.5, 0.6) is 0 Å². The normalized spacial score (nSPS) is 19.0. The molecule has 0 bridgehead atoms. The van der Waals surface area contributed by atoms with E-state index < -0.39 is 16.0 Å². The van der Waals surface area contributed by atoms with Gasteiger partial charge in [-0.25, -0.2) is 13.2 Å². The summed E-state index contributed by atoms with van der Waals surface area (Å²) < 4.78 is 32.3. The molecule has 1 heterocycles. The Morgan fingerprint density at radius 2 is 1.75 bits per heavy atom. The number of carbonyl (C=O) groups excluding carboxylic acids is 2. The van der Waals surface area contributed by atoms with Gasteiger partial charge in [0, 0.05) is 17.8 Å². The number of rotatable bonds is 7. The Labute approximate surface area is 189 Å². The standard InChI is InChI=1S/C24H28N2O5S/c1-18-8-6-9-19(2)26(18)23(27)17-31-24(28)21-12-7-13-22(16-21)25-32(29,30)15-14-20-10-4-3-5-11-20/h3-5,7,10-16,18-19,25H,6,8-9,17H2,1-2H3. The van der Waals surface area contributed by atoms with Crippen molar-refractivity contribution >= 4 is 33.7 Å². The summed E-state index contributed by atoms with van der Waals surface area (Å²) in [5.41, 5.74) is 1.13. The van der Waals surface area contributed by atoms with Crippen molar-refractivity contribution in [3.63, 3.8) is 0 Å². The van der Waals surface area contributed by atoms with Gasteiger partial charge in [0.25, 0.3) is 15.9 Å². The van der Waals surface area contributed by atoms with Gasteiger partial charge in [-0.1, -0.05) is 36.4 Å². The molecule has 1 aliphatic heterocycles. The first-order valence-electron chi connectivity index (χ1n) is 10.6. The molecular weight excluding hydrogens is 428 g/mol. The lowest BCUT2D eigenvalue weighted by Crippen LogP contribution is -2.49. The quantitative estimate of drug-likeness (QED) is 0.635. The third kappa shape index (κ3) is 6.43. The van der Waals surface area contributed by atoms with Gasteiger partial charge >= 0.3 is 5.97 Å². The first-order chi connectivity index (χ1) is 15.2. The molecule has 0 aliphatic carbocycles. The molecule has 3 rings (SSSR count). The van der Waals surface area contributed by atoms with Gasteiger partial charge in [0.2, 0.25) is 0 Å². The summed E-state index contributed by atoms with van der Waals surface area (Å²) in [7, 11) is -3.77. The minimum Gasteiger partial charge on any atom is -0.452 e. The molecule has 1 N–H and O–H groups in total. The number of esters is 1. The van der Waals surface area contributed by atoms with E-state index in [4.69, 9.17) is 4.74 Å². The van der Waals surface area contributed by atoms with Crippen molar-refractivity contribution in [2.75, 3.05) is 11.3 Å². The Hall–Kier alpha value is -3.13. The maximum Gasteiger partial charge on any atom is 0.338 e. The second-order valence-electron chi connectivity index (χ2n) is 7.95. The highest BCUT2D eigenvalue weighted by Gasteiger charge is 2.29. The number of hydrogen-bond acceptors (Lipinski definition) is 5. The SMILES string of the molecule is CC1CCCC(C)N1C(=O)COC(=O)c1cccc(NS(=O)(=O)C=Cc2ccccc2)c1. The van der Waals surface area contributed by atoms with Gasteiger partial charge in [0.05, 0.1) is 11.0 Å². The zero-order valence-corrected chi connectivity index (χ0v) is 19.0. The molecule has 1 fully saturated rings. The van der Waals surface area contributed by atoms with E-state index in [1.807, 2.05) is 32.0 Å². The lowest BCUT2D eigenvalue weighted by Gasteiger charge is -2.38. The van der Waals surface area contributed by atoms with Crippen LogP contribution in [0.4, 0.5) is 5.69 Å². The van der Waals surface area contributed by atoms with Crippen LogP contribution in [0.15, 0.2) is 60.0 Å². The number of nitrogens with zero attached hydrogens (tertiary/aromatic N) is 1. The van der Waals surface area contributed by atoms with Crippen molar-refractivity contribution in [1.29, 1.82) is 0 Å². The molecule has 0 spiro atoms. The number of likely N-dealkylation sites (tertiary alicyclic amines) is 1. The van der Waals surface area contributed by atoms with E-state index in [1.54, 1.807) is 23.1 Å². The van der Waals surface area contributed by atoms with E-state index in [2.05, 4.69) is 4.72 Å². The summed E-state index contributed by atoms with van der Waals surface area (Å²) in [6.45, 7) is 3.65. The molecule has 2 atom stereocenters. The van der Waals surface area contributed by atoms with Crippen molar-refractivity contribution < 1.29 is 22.7 Å². The number of sulfonamides is 1. The van der Waals surface area contributed by atoms with Crippen LogP contribution in [0.25, 0.3) is 6.08 Å². The van der Waals surface area contributed by atoms with Gasteiger partial charge in [-0.3, -0.25) is 9.52 Å². The van der Waals surface area contributed by atoms with Crippen LogP contribution >= 0.6 is 0 Å². The second-order valence-corrected chi connectivity index (χ2v) is 9.51. The van der Waals surface area contributed by atoms with Crippen LogP contribution in [0.2, 0.25) is 0 Å². The number of ether oxygens (including phenoxy) is 1. The van der Waals surface area contributed by atoms with E-state index >= 15 is 0 Å². The van der Waals surface area contributed by atoms with Crippen LogP contribution in [-0.2, 0) is 19.6 Å². The summed E-state index contributed by atoms with van der Waals surface area (Å²) in [4.78, 5) is 26.8. The minimum atomic E-state index is -3.77. The van der Waals surface area contributed by atoms with E-state index in [0.717, 1.165) is 30.2 Å². The molecule has 1 amide bonds. The monoisotopic (exact) mass is 456 g/mol. The molecule has 0 aromatic heterocycles. The highest BCUT2D eigenvalue weighted by molar-refractivity contribution is 7.95. The van der Waals surface area contributed by atoms with Crippen LogP contribution in [-0.4, -0.2) is 43.9 Å². The fourth-order valence-corrected chi connectivity index (χ4v) is 4.70. The highest BCUT2D eigenvalue weighted by Crippen LogP contribution is 2.22. The molecule has 2 unspecified atom stereocenters. The molecule has 2 aromatic carbocycles. The summed E-state index contributed by atoms with van der Waals surface area (Å²) in [6.07, 6.45) is 4.43. The largest absolute Gasteiger partial charge is 0.452 e. The number of anilines is 1. The van der Waals surface area contributed by atoms with Crippen LogP contribution in [0.3, 0.4) is 0 Å². The van der Waals surface area contributed by atoms with Crippen molar-refractivity contribution in [1.82, 2.24) is 4.90 Å². The Morgan fingerprint density at radius 1 is 1.06 bits per heavy atom. The molecule has 8 heteroatoms. The van der Waals surface area contributed by atoms with Crippen molar-refractivity contribution in [2.24, 2.45) is 0 Å². The second kappa shape index (κ2) is 10.5. The van der Waals surface area contributed by atoms with E-state index in [9.17, 15) is 18.0 Å². The summed E-state index contributed by atoms with van der Waals surface area (Å²) in [6, 6.07) is 15.2. The first kappa shape index (κ1) is 23.5. The third-order valence-corrected chi connectivity index (χ3v) is 6.42. The lowest BCUT2D eigenvalue weighted by molar-refractivity contribution is -0.140. The fourth-order valence-electron chi connectivity index (χ4n) is 3.84. The van der Waals surface area contributed by atoms with Gasteiger partial charge < -0.3 is 9.64 Å². The van der Waals surface area contributed by atoms with Crippen LogP contribution < -0.4 is 4.72 Å². The maximum atomic E-state index is 12.5. The number of piperidine rings is 1. The van der Waals surface area contributed by atoms with Crippen LogP contribution in [0.1, 0.15) is 49.0 Å². The lowest BCUT2D eigenvalue weighted by atomic mass is 9.97. The number of nitrogens with one attached hydrogen (secondary N) is 1. The molecule has 0 radical (unpaired) electrons. The smallest absolute Gasteiger partial charge is 0.338 e. The minimum absolute atomic E-state index is 0.117. The van der Waals surface area contributed by atoms with Crippen molar-refractivity contribution in [3.05, 3.63) is 71.1 Å². The number of hydrogen-bond donors (Lipinski definition) is 1. The first-order valence-corrected chi connectivity index (χ1v) is 12.1. The van der Waals surface area contributed by atoms with Gasteiger partial charge in [-0.2, -0.15) is 0 Å². The van der Waals surface area contributed by atoms with Gasteiger partial charge in [-0.05, 0) is 62.9 Å². The van der Waals surface area contributed by atoms with E-state index in [1.165, 1.54) is 24.3 Å². The highest BCUT2D eigenvalue weighted by atomic mass is 32.2. The molecular formula is C24H28N2O5S. The predicted octanol–water partition coefficient (Wildman–Crippen LogP) is 4.05. The van der Waals surface area contributed by atoms with Gasteiger partial charge in [0.1, 0.15) is 0 Å². The maximum absolute atomic E-state index is 12.5. The molecule has 7 nitrogen and oxygen atoms in total. The number of benzene rings is 2. The Kier molecular flexibility index (Phi) is 7.69. The molecule has 2 aromatic rings. The molecule has 0 saturated carbocycles. The zero-order valence-electron chi connectivity index (χ0n) is 18.2. The summed E-state index contributed by atoms with van der Waals surface area (Å²) in [5, 5.41) is 1.06. The summed E-state index contributed by atoms with van der Waals surface area (Å²) in [5.74, 6) is -0.905. The van der Waals surface area contributed by atoms with Crippen LogP contribution in [0, 0.1) is 0 Å². The predicted molar refractivity (Wildman–Crippen MR) is 124 cm³/mol. The Bertz CT molecular complexity index is 1070. The average Bonchev–Trinajstić information content (AvgIpc) is 2.76. The Morgan fingerprint density at radius 3 is 2.44 bits per heavy atom. The van der Waals surface area contributed by atoms with E-state index in [-0.39, 0.29) is 35.8 Å². The fraction of sp³-hybridized carbons (Fsp3) is 0.333. The molecule has 1 saturated heterocycles. The van der Waals surface area contributed by atoms with E-state index in [0.29, 0.717) is 0 Å². The topological polar surface area (TPSA) is 92.8 Å².